The second-order valence-corrected chi connectivity index (χ2v) is 13.4. The number of aryl methyl sites for hydroxylation is 3. The minimum Gasteiger partial charge on any atom is -0.493 e. The van der Waals surface area contributed by atoms with Crippen LogP contribution in [0.25, 0.3) is 32.3 Å². The van der Waals surface area contributed by atoms with Crippen molar-refractivity contribution in [1.82, 2.24) is 13.7 Å². The van der Waals surface area contributed by atoms with Crippen LogP contribution in [0.3, 0.4) is 0 Å². The van der Waals surface area contributed by atoms with Gasteiger partial charge in [0.05, 0.1) is 75.0 Å². The highest BCUT2D eigenvalue weighted by Gasteiger charge is 2.31. The smallest absolute Gasteiger partial charge is 0.262 e. The molecular weight excluding hydrogens is 738 g/mol. The topological polar surface area (TPSA) is 173 Å². The minimum atomic E-state index is -0.846. The molecule has 0 aliphatic heterocycles. The van der Waals surface area contributed by atoms with Gasteiger partial charge in [-0.25, -0.2) is 0 Å². The van der Waals surface area contributed by atoms with Gasteiger partial charge in [0.15, 0.2) is 34.5 Å². The minimum absolute atomic E-state index is 0.137. The Kier molecular flexibility index (Phi) is 10.3. The summed E-state index contributed by atoms with van der Waals surface area (Å²) >= 11 is 0. The van der Waals surface area contributed by atoms with E-state index in [9.17, 15) is 28.8 Å². The van der Waals surface area contributed by atoms with Gasteiger partial charge < -0.3 is 28.4 Å². The van der Waals surface area contributed by atoms with Crippen molar-refractivity contribution in [2.75, 3.05) is 42.7 Å². The molecule has 15 heteroatoms. The molecule has 0 amide bonds. The molecule has 0 fully saturated rings. The predicted octanol–water partition coefficient (Wildman–Crippen LogP) is 2.80. The van der Waals surface area contributed by atoms with Crippen molar-refractivity contribution in [3.8, 4) is 34.5 Å². The Bertz CT molecular complexity index is 2560. The van der Waals surface area contributed by atoms with E-state index >= 15 is 0 Å². The van der Waals surface area contributed by atoms with Gasteiger partial charge in [-0.3, -0.25) is 42.5 Å². The summed E-state index contributed by atoms with van der Waals surface area (Å²) in [6.07, 6.45) is 0.556. The van der Waals surface area contributed by atoms with E-state index < -0.39 is 33.4 Å². The number of benzene rings is 4. The molecule has 57 heavy (non-hydrogen) atoms. The average Bonchev–Trinajstić information content (AvgIpc) is 3.74. The normalized spacial score (nSPS) is 11.5. The van der Waals surface area contributed by atoms with Crippen molar-refractivity contribution in [3.05, 3.63) is 133 Å². The summed E-state index contributed by atoms with van der Waals surface area (Å²) in [4.78, 5) is 85.8. The van der Waals surface area contributed by atoms with Crippen LogP contribution in [0.4, 0.5) is 0 Å². The molecule has 7 aromatic rings. The average molecular weight is 778 g/mol. The summed E-state index contributed by atoms with van der Waals surface area (Å²) in [6, 6.07) is 15.5. The van der Waals surface area contributed by atoms with Crippen molar-refractivity contribution >= 4 is 32.3 Å². The van der Waals surface area contributed by atoms with Gasteiger partial charge >= 0.3 is 0 Å². The molecule has 294 valence electrons. The summed E-state index contributed by atoms with van der Waals surface area (Å²) in [5, 5.41) is -2.19. The fourth-order valence-corrected chi connectivity index (χ4v) is 7.56. The van der Waals surface area contributed by atoms with Gasteiger partial charge in [0, 0.05) is 19.6 Å². The maximum atomic E-state index is 14.3. The van der Waals surface area contributed by atoms with Gasteiger partial charge in [0.25, 0.3) is 33.4 Å². The zero-order valence-electron chi connectivity index (χ0n) is 32.2. The van der Waals surface area contributed by atoms with Crippen LogP contribution in [0.15, 0.2) is 83.4 Å². The summed E-state index contributed by atoms with van der Waals surface area (Å²) in [5.41, 5.74) is -2.95. The third-order valence-electron chi connectivity index (χ3n) is 10.5. The molecule has 4 aromatic carbocycles. The Morgan fingerprint density at radius 3 is 0.737 bits per heavy atom. The van der Waals surface area contributed by atoms with Crippen LogP contribution in [0.5, 0.6) is 34.5 Å². The predicted molar refractivity (Wildman–Crippen MR) is 214 cm³/mol. The Hall–Kier alpha value is -6.90. The lowest BCUT2D eigenvalue weighted by molar-refractivity contribution is 0.354. The number of hydrogen-bond acceptors (Lipinski definition) is 12. The lowest BCUT2D eigenvalue weighted by Crippen LogP contribution is -2.27. The van der Waals surface area contributed by atoms with E-state index in [2.05, 4.69) is 0 Å². The summed E-state index contributed by atoms with van der Waals surface area (Å²) in [5.74, 6) is 2.81. The second-order valence-electron chi connectivity index (χ2n) is 13.4. The molecule has 0 saturated carbocycles. The van der Waals surface area contributed by atoms with Gasteiger partial charge in [0.1, 0.15) is 0 Å². The monoisotopic (exact) mass is 777 g/mol. The number of rotatable bonds is 15. The number of methoxy groups -OCH3 is 6. The molecule has 3 aromatic heterocycles. The van der Waals surface area contributed by atoms with Gasteiger partial charge in [-0.15, -0.1) is 0 Å². The van der Waals surface area contributed by atoms with E-state index in [1.165, 1.54) is 42.7 Å². The quantitative estimate of drug-likeness (QED) is 0.149. The van der Waals surface area contributed by atoms with E-state index in [1.54, 1.807) is 54.6 Å². The Morgan fingerprint density at radius 1 is 0.333 bits per heavy atom. The number of hydrogen-bond donors (Lipinski definition) is 0. The van der Waals surface area contributed by atoms with E-state index in [0.717, 1.165) is 13.7 Å². The molecule has 3 heterocycles. The van der Waals surface area contributed by atoms with Gasteiger partial charge in [-0.05, 0) is 72.4 Å². The summed E-state index contributed by atoms with van der Waals surface area (Å²) in [7, 11) is 8.95. The van der Waals surface area contributed by atoms with Crippen molar-refractivity contribution in [3.63, 3.8) is 0 Å². The van der Waals surface area contributed by atoms with E-state index in [4.69, 9.17) is 28.4 Å². The van der Waals surface area contributed by atoms with Crippen LogP contribution in [0, 0.1) is 0 Å². The molecule has 7 rings (SSSR count). The molecule has 0 radical (unpaired) electrons. The zero-order chi connectivity index (χ0) is 40.7. The van der Waals surface area contributed by atoms with Crippen LogP contribution >= 0.6 is 0 Å². The molecule has 0 aliphatic carbocycles. The lowest BCUT2D eigenvalue weighted by Gasteiger charge is -2.09. The number of ether oxygens (including phenoxy) is 6. The highest BCUT2D eigenvalue weighted by atomic mass is 16.5. The molecule has 0 aliphatic rings. The molecule has 0 bridgehead atoms. The summed E-state index contributed by atoms with van der Waals surface area (Å²) in [6.45, 7) is -0.412. The van der Waals surface area contributed by atoms with Crippen LogP contribution in [0.1, 0.15) is 16.7 Å². The van der Waals surface area contributed by atoms with Crippen LogP contribution < -0.4 is 61.8 Å². The molecule has 0 unspecified atom stereocenters. The van der Waals surface area contributed by atoms with Crippen molar-refractivity contribution < 1.29 is 28.4 Å². The Morgan fingerprint density at radius 2 is 0.544 bits per heavy atom. The zero-order valence-corrected chi connectivity index (χ0v) is 32.2. The first-order valence-corrected chi connectivity index (χ1v) is 18.0. The highest BCUT2D eigenvalue weighted by molar-refractivity contribution is 6.25. The first kappa shape index (κ1) is 38.4. The summed E-state index contributed by atoms with van der Waals surface area (Å²) < 4.78 is 35.0. The van der Waals surface area contributed by atoms with Crippen molar-refractivity contribution in [2.24, 2.45) is 0 Å². The van der Waals surface area contributed by atoms with Gasteiger partial charge in [-0.2, -0.15) is 0 Å². The number of nitrogens with zero attached hydrogens (tertiary/aromatic N) is 3. The van der Waals surface area contributed by atoms with E-state index in [-0.39, 0.29) is 71.2 Å². The van der Waals surface area contributed by atoms with Crippen LogP contribution in [-0.2, 0) is 38.9 Å². The van der Waals surface area contributed by atoms with Gasteiger partial charge in [-0.1, -0.05) is 18.2 Å². The van der Waals surface area contributed by atoms with Crippen LogP contribution in [-0.4, -0.2) is 56.4 Å². The van der Waals surface area contributed by atoms with Crippen LogP contribution in [0.2, 0.25) is 0 Å². The van der Waals surface area contributed by atoms with Crippen molar-refractivity contribution in [2.45, 2.75) is 38.9 Å². The highest BCUT2D eigenvalue weighted by Crippen LogP contribution is 2.31. The number of aromatic nitrogens is 3. The molecule has 0 saturated heterocycles. The first-order valence-electron chi connectivity index (χ1n) is 18.0. The SMILES string of the molecule is COc1ccc(CCn2c(=O)c3c4c(=O)n(CCc5ccc(OC)c(OC)c5)c(=O)c4c4c(=O)n(CCc5ccc(OC)c(OC)c5)c(=O)c4c3c2=O)cc1OC. The largest absolute Gasteiger partial charge is 0.493 e. The first-order chi connectivity index (χ1) is 27.5. The molecule has 0 atom stereocenters. The Labute approximate surface area is 323 Å². The lowest BCUT2D eigenvalue weighted by atomic mass is 10.0. The Balaban J connectivity index is 1.41. The standard InChI is InChI=1S/C42H39N3O12/c1-52-25-10-7-22(19-28(25)55-4)13-16-43-37(46)31-32(38(43)47)34-36(42(51)45(40(34)49)18-15-24-9-12-27(54-3)30(21-24)57-6)35-33(31)39(48)44(41(35)50)17-14-23-8-11-26(53-2)29(20-23)56-5/h7-12,19-21H,13-18H2,1-6H3. The number of fused-ring (bicyclic) bond motifs is 6. The third kappa shape index (κ3) is 6.34. The second kappa shape index (κ2) is 15.3. The molecule has 0 N–H and O–H groups in total. The fourth-order valence-electron chi connectivity index (χ4n) is 7.56. The van der Waals surface area contributed by atoms with E-state index in [1.807, 2.05) is 0 Å². The fraction of sp³-hybridized carbons (Fsp3) is 0.286. The third-order valence-corrected chi connectivity index (χ3v) is 10.5. The van der Waals surface area contributed by atoms with Gasteiger partial charge in [0.2, 0.25) is 0 Å². The van der Waals surface area contributed by atoms with E-state index in [0.29, 0.717) is 51.2 Å². The van der Waals surface area contributed by atoms with Crippen molar-refractivity contribution in [1.29, 1.82) is 0 Å². The molecular formula is C42H39N3O12. The maximum absolute atomic E-state index is 14.3. The molecule has 0 spiro atoms. The molecule has 15 nitrogen and oxygen atoms in total. The maximum Gasteiger partial charge on any atom is 0.262 e.